The molecule has 0 amide bonds. The lowest BCUT2D eigenvalue weighted by Crippen LogP contribution is -2.29. The lowest BCUT2D eigenvalue weighted by Gasteiger charge is -2.13. The van der Waals surface area contributed by atoms with Gasteiger partial charge in [-0.2, -0.15) is 0 Å². The Hall–Kier alpha value is -1.30. The molecule has 0 radical (unpaired) electrons. The number of rotatable bonds is 4. The van der Waals surface area contributed by atoms with Gasteiger partial charge < -0.3 is 10.9 Å². The Morgan fingerprint density at radius 2 is 2.25 bits per heavy atom. The maximum absolute atomic E-state index is 8.53. The van der Waals surface area contributed by atoms with Crippen molar-refractivity contribution in [2.75, 3.05) is 14.1 Å². The summed E-state index contributed by atoms with van der Waals surface area (Å²) in [5.41, 5.74) is 10.1. The quantitative estimate of drug-likeness (QED) is 0.319. The van der Waals surface area contributed by atoms with Crippen LogP contribution in [0.1, 0.15) is 11.1 Å². The van der Waals surface area contributed by atoms with E-state index < -0.39 is 0 Å². The van der Waals surface area contributed by atoms with Gasteiger partial charge in [0.25, 0.3) is 0 Å². The van der Waals surface area contributed by atoms with Crippen molar-refractivity contribution in [3.05, 3.63) is 34.3 Å². The molecule has 0 fully saturated rings. The average molecular weight is 243 g/mol. The van der Waals surface area contributed by atoms with Crippen LogP contribution in [0.2, 0.25) is 5.02 Å². The molecule has 0 atom stereocenters. The zero-order valence-electron chi connectivity index (χ0n) is 9.24. The molecule has 0 unspecified atom stereocenters. The van der Waals surface area contributed by atoms with Crippen LogP contribution in [0.5, 0.6) is 0 Å². The van der Waals surface area contributed by atoms with Crippen molar-refractivity contribution in [1.82, 2.24) is 10.4 Å². The minimum absolute atomic E-state index is 0.0500. The first kappa shape index (κ1) is 12.8. The fourth-order valence-electron chi connectivity index (χ4n) is 1.15. The minimum Gasteiger partial charge on any atom is -0.409 e. The van der Waals surface area contributed by atoms with Crippen LogP contribution in [-0.2, 0) is 6.54 Å². The van der Waals surface area contributed by atoms with Gasteiger partial charge in [0.2, 0.25) is 0 Å². The van der Waals surface area contributed by atoms with Crippen LogP contribution < -0.4 is 11.2 Å². The molecule has 1 aromatic rings. The molecule has 1 rings (SSSR count). The zero-order valence-corrected chi connectivity index (χ0v) is 9.99. The summed E-state index contributed by atoms with van der Waals surface area (Å²) in [4.78, 5) is 0. The van der Waals surface area contributed by atoms with Crippen molar-refractivity contribution in [2.24, 2.45) is 10.9 Å². The number of oxime groups is 1. The van der Waals surface area contributed by atoms with E-state index in [2.05, 4.69) is 10.6 Å². The highest BCUT2D eigenvalue weighted by molar-refractivity contribution is 6.31. The lowest BCUT2D eigenvalue weighted by molar-refractivity contribution is 0.286. The molecule has 0 spiro atoms. The van der Waals surface area contributed by atoms with Crippen LogP contribution in [0.4, 0.5) is 0 Å². The Bertz CT molecular complexity index is 392. The van der Waals surface area contributed by atoms with E-state index in [4.69, 9.17) is 22.5 Å². The summed E-state index contributed by atoms with van der Waals surface area (Å²) in [5.74, 6) is 0.0500. The van der Waals surface area contributed by atoms with Crippen molar-refractivity contribution in [2.45, 2.75) is 6.54 Å². The third-order valence-electron chi connectivity index (χ3n) is 2.04. The summed E-state index contributed by atoms with van der Waals surface area (Å²) >= 11 is 6.06. The second-order valence-electron chi connectivity index (χ2n) is 3.52. The molecule has 4 N–H and O–H groups in total. The van der Waals surface area contributed by atoms with E-state index in [1.807, 2.05) is 25.2 Å². The molecule has 0 saturated carbocycles. The number of amidine groups is 1. The third-order valence-corrected chi connectivity index (χ3v) is 2.39. The third kappa shape index (κ3) is 3.37. The summed E-state index contributed by atoms with van der Waals surface area (Å²) in [5, 5.41) is 13.9. The smallest absolute Gasteiger partial charge is 0.170 e. The molecule has 0 aliphatic rings. The minimum atomic E-state index is 0.0500. The van der Waals surface area contributed by atoms with Crippen molar-refractivity contribution < 1.29 is 5.21 Å². The van der Waals surface area contributed by atoms with Gasteiger partial charge in [-0.15, -0.1) is 0 Å². The second-order valence-corrected chi connectivity index (χ2v) is 3.93. The molecule has 0 saturated heterocycles. The maximum atomic E-state index is 8.53. The molecular weight excluding hydrogens is 228 g/mol. The Morgan fingerprint density at radius 3 is 2.75 bits per heavy atom. The fraction of sp³-hybridized carbons (Fsp3) is 0.300. The van der Waals surface area contributed by atoms with E-state index in [-0.39, 0.29) is 5.84 Å². The van der Waals surface area contributed by atoms with Crippen molar-refractivity contribution in [3.8, 4) is 0 Å². The first-order valence-corrected chi connectivity index (χ1v) is 5.09. The Kier molecular flexibility index (Phi) is 4.54. The molecule has 0 aliphatic heterocycles. The number of benzene rings is 1. The number of halogens is 1. The maximum Gasteiger partial charge on any atom is 0.170 e. The van der Waals surface area contributed by atoms with E-state index >= 15 is 0 Å². The number of nitrogens with two attached hydrogens (primary N) is 1. The Balaban J connectivity index is 2.83. The first-order valence-electron chi connectivity index (χ1n) is 4.71. The van der Waals surface area contributed by atoms with E-state index in [0.29, 0.717) is 17.1 Å². The molecule has 0 aliphatic carbocycles. The number of hydrogen-bond acceptors (Lipinski definition) is 4. The standard InChI is InChI=1S/C10H15ClN4O/c1-15(2)13-6-8-4-3-7(5-9(8)11)10(12)14-16/h3-5,13,16H,6H2,1-2H3,(H2,12,14). The predicted molar refractivity (Wildman–Crippen MR) is 64.5 cm³/mol. The van der Waals surface area contributed by atoms with Gasteiger partial charge in [-0.25, -0.2) is 0 Å². The molecular formula is C10H15ClN4O. The van der Waals surface area contributed by atoms with Gasteiger partial charge in [0.1, 0.15) is 0 Å². The summed E-state index contributed by atoms with van der Waals surface area (Å²) in [6, 6.07) is 5.27. The monoisotopic (exact) mass is 242 g/mol. The predicted octanol–water partition coefficient (Wildman–Crippen LogP) is 1.00. The van der Waals surface area contributed by atoms with Gasteiger partial charge >= 0.3 is 0 Å². The Morgan fingerprint density at radius 1 is 1.56 bits per heavy atom. The highest BCUT2D eigenvalue weighted by atomic mass is 35.5. The largest absolute Gasteiger partial charge is 0.409 e. The molecule has 1 aromatic carbocycles. The summed E-state index contributed by atoms with van der Waals surface area (Å²) in [6.45, 7) is 0.627. The molecule has 0 bridgehead atoms. The second kappa shape index (κ2) is 5.69. The van der Waals surface area contributed by atoms with Crippen LogP contribution in [0.25, 0.3) is 0 Å². The molecule has 16 heavy (non-hydrogen) atoms. The highest BCUT2D eigenvalue weighted by Crippen LogP contribution is 2.17. The van der Waals surface area contributed by atoms with Crippen LogP contribution in [0.15, 0.2) is 23.4 Å². The highest BCUT2D eigenvalue weighted by Gasteiger charge is 2.05. The van der Waals surface area contributed by atoms with E-state index in [9.17, 15) is 0 Å². The van der Waals surface area contributed by atoms with Crippen molar-refractivity contribution in [3.63, 3.8) is 0 Å². The fourth-order valence-corrected chi connectivity index (χ4v) is 1.40. The topological polar surface area (TPSA) is 73.9 Å². The van der Waals surface area contributed by atoms with Crippen molar-refractivity contribution >= 4 is 17.4 Å². The van der Waals surface area contributed by atoms with Gasteiger partial charge in [0.15, 0.2) is 5.84 Å². The van der Waals surface area contributed by atoms with E-state index in [1.165, 1.54) is 0 Å². The number of nitrogens with zero attached hydrogens (tertiary/aromatic N) is 2. The summed E-state index contributed by atoms with van der Waals surface area (Å²) < 4.78 is 0. The molecule has 88 valence electrons. The number of hydrazine groups is 1. The number of nitrogens with one attached hydrogen (secondary N) is 1. The van der Waals surface area contributed by atoms with Gasteiger partial charge in [-0.05, 0) is 11.6 Å². The SMILES string of the molecule is CN(C)NCc1ccc(/C(N)=N/O)cc1Cl. The summed E-state index contributed by atoms with van der Waals surface area (Å²) in [7, 11) is 3.80. The van der Waals surface area contributed by atoms with Gasteiger partial charge in [0.05, 0.1) is 0 Å². The van der Waals surface area contributed by atoms with Crippen LogP contribution in [-0.4, -0.2) is 30.1 Å². The van der Waals surface area contributed by atoms with Gasteiger partial charge in [-0.1, -0.05) is 28.9 Å². The molecule has 5 nitrogen and oxygen atoms in total. The zero-order chi connectivity index (χ0) is 12.1. The van der Waals surface area contributed by atoms with Crippen LogP contribution >= 0.6 is 11.6 Å². The average Bonchev–Trinajstić information content (AvgIpc) is 2.26. The van der Waals surface area contributed by atoms with E-state index in [1.54, 1.807) is 12.1 Å². The van der Waals surface area contributed by atoms with Crippen LogP contribution in [0.3, 0.4) is 0 Å². The van der Waals surface area contributed by atoms with Crippen LogP contribution in [0, 0.1) is 0 Å². The molecule has 0 aromatic heterocycles. The number of hydrogen-bond donors (Lipinski definition) is 3. The van der Waals surface area contributed by atoms with E-state index in [0.717, 1.165) is 5.56 Å². The Labute approximate surface area is 99.5 Å². The molecule has 6 heteroatoms. The summed E-state index contributed by atoms with van der Waals surface area (Å²) in [6.07, 6.45) is 0. The first-order chi connectivity index (χ1) is 7.54. The van der Waals surface area contributed by atoms with Crippen molar-refractivity contribution in [1.29, 1.82) is 0 Å². The lowest BCUT2D eigenvalue weighted by atomic mass is 10.1. The van der Waals surface area contributed by atoms with Gasteiger partial charge in [0, 0.05) is 31.2 Å². The van der Waals surface area contributed by atoms with Gasteiger partial charge in [-0.3, -0.25) is 10.4 Å². The molecule has 0 heterocycles. The normalized spacial score (nSPS) is 12.1.